The van der Waals surface area contributed by atoms with Crippen LogP contribution in [0.1, 0.15) is 62.5 Å². The van der Waals surface area contributed by atoms with Crippen LogP contribution in [0, 0.1) is 11.5 Å². The van der Waals surface area contributed by atoms with E-state index in [-0.39, 0.29) is 18.4 Å². The van der Waals surface area contributed by atoms with Crippen LogP contribution in [-0.2, 0) is 4.79 Å². The van der Waals surface area contributed by atoms with E-state index in [0.29, 0.717) is 12.8 Å². The number of carboxylic acids is 1. The minimum atomic E-state index is -0.787. The lowest BCUT2D eigenvalue weighted by molar-refractivity contribution is -0.137. The Morgan fingerprint density at radius 3 is 2.59 bits per heavy atom. The molecule has 1 aliphatic rings. The third-order valence-corrected chi connectivity index (χ3v) is 5.72. The van der Waals surface area contributed by atoms with Crippen molar-refractivity contribution in [1.29, 1.82) is 5.26 Å². The van der Waals surface area contributed by atoms with Gasteiger partial charge in [0, 0.05) is 36.1 Å². The van der Waals surface area contributed by atoms with Gasteiger partial charge in [0.25, 0.3) is 0 Å². The number of nitrogens with zero attached hydrogens (tertiary/aromatic N) is 4. The molecule has 1 aromatic carbocycles. The van der Waals surface area contributed by atoms with Crippen LogP contribution in [0.4, 0.5) is 5.69 Å². The van der Waals surface area contributed by atoms with Crippen molar-refractivity contribution < 1.29 is 9.90 Å². The summed E-state index contributed by atoms with van der Waals surface area (Å²) >= 11 is 0. The predicted octanol–water partition coefficient (Wildman–Crippen LogP) is 4.70. The monoisotopic (exact) mass is 431 g/mol. The van der Waals surface area contributed by atoms with E-state index in [1.54, 1.807) is 6.20 Å². The molecular formula is C25H29N5O2. The highest BCUT2D eigenvalue weighted by molar-refractivity contribution is 5.96. The summed E-state index contributed by atoms with van der Waals surface area (Å²) < 4.78 is 0. The molecule has 0 unspecified atom stereocenters. The maximum atomic E-state index is 10.8. The highest BCUT2D eigenvalue weighted by Crippen LogP contribution is 2.30. The summed E-state index contributed by atoms with van der Waals surface area (Å²) in [5, 5.41) is 17.9. The Morgan fingerprint density at radius 1 is 1.22 bits per heavy atom. The Hall–Kier alpha value is -3.66. The summed E-state index contributed by atoms with van der Waals surface area (Å²) in [5.41, 5.74) is 10.1. The second-order valence-electron chi connectivity index (χ2n) is 7.92. The maximum Gasteiger partial charge on any atom is 0.303 e. The number of nitriles is 1. The molecule has 3 N–H and O–H groups in total. The number of carboxylic acid groups (broad SMARTS) is 1. The summed E-state index contributed by atoms with van der Waals surface area (Å²) in [4.78, 5) is 20.9. The van der Waals surface area contributed by atoms with E-state index in [2.05, 4.69) is 16.1 Å². The van der Waals surface area contributed by atoms with E-state index in [9.17, 15) is 4.79 Å². The molecule has 1 heterocycles. The van der Waals surface area contributed by atoms with Crippen molar-refractivity contribution in [3.8, 4) is 6.19 Å². The summed E-state index contributed by atoms with van der Waals surface area (Å²) in [6.45, 7) is 0. The Bertz CT molecular complexity index is 987. The minimum absolute atomic E-state index is 0.142. The quantitative estimate of drug-likeness (QED) is 0.271. The topological polar surface area (TPSA) is 116 Å². The van der Waals surface area contributed by atoms with E-state index in [1.807, 2.05) is 53.7 Å². The van der Waals surface area contributed by atoms with E-state index < -0.39 is 5.97 Å². The average Bonchev–Trinajstić information content (AvgIpc) is 2.81. The fourth-order valence-corrected chi connectivity index (χ4v) is 4.20. The first-order valence-corrected chi connectivity index (χ1v) is 11.0. The zero-order chi connectivity index (χ0) is 22.8. The number of carbonyl (C=O) groups is 1. The number of hydrogen-bond donors (Lipinski definition) is 2. The van der Waals surface area contributed by atoms with Gasteiger partial charge in [0.1, 0.15) is 0 Å². The number of hydrogen-bond acceptors (Lipinski definition) is 4. The van der Waals surface area contributed by atoms with Crippen molar-refractivity contribution in [3.63, 3.8) is 0 Å². The number of aromatic nitrogens is 1. The molecule has 0 aliphatic heterocycles. The van der Waals surface area contributed by atoms with E-state index in [1.165, 1.54) is 6.42 Å². The van der Waals surface area contributed by atoms with Crippen molar-refractivity contribution in [2.24, 2.45) is 10.7 Å². The molecule has 0 saturated heterocycles. The van der Waals surface area contributed by atoms with Gasteiger partial charge in [0.15, 0.2) is 0 Å². The van der Waals surface area contributed by atoms with Gasteiger partial charge in [-0.25, -0.2) is 0 Å². The first kappa shape index (κ1) is 23.0. The largest absolute Gasteiger partial charge is 0.481 e. The number of aliphatic carboxylic acids is 1. The molecule has 32 heavy (non-hydrogen) atoms. The molecule has 0 bridgehead atoms. The van der Waals surface area contributed by atoms with Gasteiger partial charge in [0.2, 0.25) is 12.2 Å². The fraction of sp³-hybridized carbons (Fsp3) is 0.360. The van der Waals surface area contributed by atoms with Crippen LogP contribution in [0.5, 0.6) is 0 Å². The minimum Gasteiger partial charge on any atom is -0.481 e. The van der Waals surface area contributed by atoms with Crippen LogP contribution < -0.4 is 10.6 Å². The van der Waals surface area contributed by atoms with E-state index >= 15 is 0 Å². The zero-order valence-electron chi connectivity index (χ0n) is 18.2. The Morgan fingerprint density at radius 2 is 1.97 bits per heavy atom. The smallest absolute Gasteiger partial charge is 0.303 e. The lowest BCUT2D eigenvalue weighted by atomic mass is 9.93. The normalized spacial score (nSPS) is 15.2. The molecule has 0 radical (unpaired) electrons. The average molecular weight is 432 g/mol. The third kappa shape index (κ3) is 6.17. The molecule has 1 fully saturated rings. The molecule has 1 aromatic heterocycles. The highest BCUT2D eigenvalue weighted by Gasteiger charge is 2.24. The van der Waals surface area contributed by atoms with Gasteiger partial charge in [-0.15, -0.1) is 4.99 Å². The first-order chi connectivity index (χ1) is 15.6. The second-order valence-corrected chi connectivity index (χ2v) is 7.92. The molecule has 0 amide bonds. The molecule has 7 nitrogen and oxygen atoms in total. The van der Waals surface area contributed by atoms with Crippen LogP contribution in [0.15, 0.2) is 59.9 Å². The number of benzene rings is 1. The Kier molecular flexibility index (Phi) is 8.38. The first-order valence-electron chi connectivity index (χ1n) is 11.0. The van der Waals surface area contributed by atoms with Crippen LogP contribution >= 0.6 is 0 Å². The van der Waals surface area contributed by atoms with Crippen LogP contribution in [0.3, 0.4) is 0 Å². The van der Waals surface area contributed by atoms with Gasteiger partial charge < -0.3 is 15.7 Å². The van der Waals surface area contributed by atoms with E-state index in [4.69, 9.17) is 16.1 Å². The number of anilines is 1. The van der Waals surface area contributed by atoms with Crippen LogP contribution in [0.25, 0.3) is 5.57 Å². The lowest BCUT2D eigenvalue weighted by Crippen LogP contribution is -2.45. The SMILES string of the molecule is N#CN=C(N)N(c1ccc(/C(=C\CCCC(=O)O)c2cccnc2)cc1)C1CCCCC1. The van der Waals surface area contributed by atoms with Gasteiger partial charge in [0.05, 0.1) is 0 Å². The van der Waals surface area contributed by atoms with Gasteiger partial charge >= 0.3 is 5.97 Å². The Balaban J connectivity index is 1.89. The van der Waals surface area contributed by atoms with Crippen molar-refractivity contribution >= 4 is 23.2 Å². The highest BCUT2D eigenvalue weighted by atomic mass is 16.4. The second kappa shape index (κ2) is 11.7. The molecule has 166 valence electrons. The van der Waals surface area contributed by atoms with Crippen molar-refractivity contribution in [3.05, 3.63) is 66.0 Å². The molecule has 0 atom stereocenters. The molecule has 1 aliphatic carbocycles. The van der Waals surface area contributed by atoms with E-state index in [0.717, 1.165) is 48.1 Å². The van der Waals surface area contributed by atoms with Gasteiger partial charge in [-0.2, -0.15) is 5.26 Å². The van der Waals surface area contributed by atoms with Gasteiger partial charge in [-0.3, -0.25) is 9.78 Å². The molecule has 7 heteroatoms. The number of pyridine rings is 1. The number of nitrogens with two attached hydrogens (primary N) is 1. The Labute approximate surface area is 188 Å². The predicted molar refractivity (Wildman–Crippen MR) is 126 cm³/mol. The number of unbranched alkanes of at least 4 members (excludes halogenated alkanes) is 1. The molecule has 3 rings (SSSR count). The number of aliphatic imine (C=N–C) groups is 1. The van der Waals surface area contributed by atoms with Gasteiger partial charge in [-0.05, 0) is 55.0 Å². The summed E-state index contributed by atoms with van der Waals surface area (Å²) in [6.07, 6.45) is 14.3. The standard InChI is InChI=1S/C25H29N5O2/c26-18-29-25(27)30(21-8-2-1-3-9-21)22-14-12-19(13-15-22)23(10-4-5-11-24(31)32)20-7-6-16-28-17-20/h6-7,10,12-17,21H,1-5,8-9,11H2,(H2,27,29)(H,31,32)/b23-10+. The summed E-state index contributed by atoms with van der Waals surface area (Å²) in [5.74, 6) is -0.561. The fourth-order valence-electron chi connectivity index (χ4n) is 4.20. The summed E-state index contributed by atoms with van der Waals surface area (Å²) in [6, 6.07) is 12.2. The van der Waals surface area contributed by atoms with Crippen molar-refractivity contribution in [1.82, 2.24) is 4.98 Å². The van der Waals surface area contributed by atoms with Crippen molar-refractivity contribution in [2.75, 3.05) is 4.90 Å². The maximum absolute atomic E-state index is 10.8. The van der Waals surface area contributed by atoms with Gasteiger partial charge in [-0.1, -0.05) is 43.5 Å². The molecule has 2 aromatic rings. The lowest BCUT2D eigenvalue weighted by Gasteiger charge is -2.34. The number of rotatable bonds is 8. The molecule has 1 saturated carbocycles. The molecular weight excluding hydrogens is 402 g/mol. The molecule has 0 spiro atoms. The summed E-state index contributed by atoms with van der Waals surface area (Å²) in [7, 11) is 0. The van der Waals surface area contributed by atoms with Crippen LogP contribution in [-0.4, -0.2) is 28.1 Å². The van der Waals surface area contributed by atoms with Crippen molar-refractivity contribution in [2.45, 2.75) is 57.4 Å². The zero-order valence-corrected chi connectivity index (χ0v) is 18.2. The third-order valence-electron chi connectivity index (χ3n) is 5.72. The number of allylic oxidation sites excluding steroid dienone is 1. The van der Waals surface area contributed by atoms with Crippen LogP contribution in [0.2, 0.25) is 0 Å². The number of guanidine groups is 1.